The molecule has 0 bridgehead atoms. The lowest BCUT2D eigenvalue weighted by Gasteiger charge is -1.97. The van der Waals surface area contributed by atoms with E-state index in [1.54, 1.807) is 11.3 Å². The molecule has 16 heavy (non-hydrogen) atoms. The number of aromatic nitrogens is 2. The molecule has 84 valence electrons. The number of rotatable bonds is 2. The SMILES string of the molecule is Brc1csc(-c2nc(C3CCOC3)no2)c1. The zero-order chi connectivity index (χ0) is 11.0. The van der Waals surface area contributed by atoms with Gasteiger partial charge in [-0.05, 0) is 28.4 Å². The van der Waals surface area contributed by atoms with Gasteiger partial charge in [-0.2, -0.15) is 4.98 Å². The van der Waals surface area contributed by atoms with Gasteiger partial charge in [-0.15, -0.1) is 11.3 Å². The first-order valence-electron chi connectivity index (χ1n) is 4.98. The van der Waals surface area contributed by atoms with Crippen LogP contribution in [0.3, 0.4) is 0 Å². The van der Waals surface area contributed by atoms with Crippen LogP contribution in [0, 0.1) is 0 Å². The molecule has 1 atom stereocenters. The van der Waals surface area contributed by atoms with Crippen molar-refractivity contribution in [3.05, 3.63) is 21.7 Å². The number of hydrogen-bond acceptors (Lipinski definition) is 5. The van der Waals surface area contributed by atoms with Crippen molar-refractivity contribution in [2.75, 3.05) is 13.2 Å². The molecule has 0 N–H and O–H groups in total. The minimum atomic E-state index is 0.293. The summed E-state index contributed by atoms with van der Waals surface area (Å²) in [4.78, 5) is 5.40. The number of hydrogen-bond donors (Lipinski definition) is 0. The molecule has 0 spiro atoms. The van der Waals surface area contributed by atoms with Crippen LogP contribution in [0.1, 0.15) is 18.2 Å². The molecular formula is C10H9BrN2O2S. The molecule has 0 saturated carbocycles. The molecule has 3 heterocycles. The summed E-state index contributed by atoms with van der Waals surface area (Å²) >= 11 is 4.99. The van der Waals surface area contributed by atoms with Gasteiger partial charge in [-0.3, -0.25) is 0 Å². The highest BCUT2D eigenvalue weighted by Gasteiger charge is 2.23. The van der Waals surface area contributed by atoms with E-state index >= 15 is 0 Å². The lowest BCUT2D eigenvalue weighted by atomic mass is 10.1. The van der Waals surface area contributed by atoms with E-state index in [2.05, 4.69) is 26.1 Å². The molecule has 6 heteroatoms. The second-order valence-electron chi connectivity index (χ2n) is 3.65. The molecule has 0 aromatic carbocycles. The van der Waals surface area contributed by atoms with Gasteiger partial charge in [-0.25, -0.2) is 0 Å². The number of nitrogens with zero attached hydrogens (tertiary/aromatic N) is 2. The van der Waals surface area contributed by atoms with Gasteiger partial charge >= 0.3 is 0 Å². The Balaban J connectivity index is 1.87. The third-order valence-corrected chi connectivity index (χ3v) is 4.19. The van der Waals surface area contributed by atoms with Gasteiger partial charge in [0.15, 0.2) is 5.82 Å². The zero-order valence-electron chi connectivity index (χ0n) is 8.35. The number of ether oxygens (including phenoxy) is 1. The van der Waals surface area contributed by atoms with E-state index in [-0.39, 0.29) is 0 Å². The Kier molecular flexibility index (Phi) is 2.79. The molecule has 2 aromatic rings. The summed E-state index contributed by atoms with van der Waals surface area (Å²) in [7, 11) is 0. The average Bonchev–Trinajstić information content (AvgIpc) is 2.97. The summed E-state index contributed by atoms with van der Waals surface area (Å²) in [6.07, 6.45) is 0.979. The third kappa shape index (κ3) is 1.92. The van der Waals surface area contributed by atoms with E-state index in [1.807, 2.05) is 11.4 Å². The number of thiophene rings is 1. The van der Waals surface area contributed by atoms with Crippen molar-refractivity contribution in [1.82, 2.24) is 10.1 Å². The van der Waals surface area contributed by atoms with Crippen LogP contribution < -0.4 is 0 Å². The highest BCUT2D eigenvalue weighted by molar-refractivity contribution is 9.10. The van der Waals surface area contributed by atoms with Crippen LogP contribution in [-0.2, 0) is 4.74 Å². The average molecular weight is 301 g/mol. The maximum absolute atomic E-state index is 5.30. The van der Waals surface area contributed by atoms with Gasteiger partial charge in [0.1, 0.15) is 0 Å². The lowest BCUT2D eigenvalue weighted by Crippen LogP contribution is -1.99. The van der Waals surface area contributed by atoms with E-state index in [0.717, 1.165) is 28.2 Å². The molecule has 1 saturated heterocycles. The van der Waals surface area contributed by atoms with Crippen LogP contribution in [-0.4, -0.2) is 23.4 Å². The number of halogens is 1. The van der Waals surface area contributed by atoms with Crippen LogP contribution in [0.2, 0.25) is 0 Å². The van der Waals surface area contributed by atoms with Crippen molar-refractivity contribution in [2.24, 2.45) is 0 Å². The van der Waals surface area contributed by atoms with E-state index in [4.69, 9.17) is 9.26 Å². The standard InChI is InChI=1S/C10H9BrN2O2S/c11-7-3-8(16-5-7)10-12-9(13-15-10)6-1-2-14-4-6/h3,5-6H,1-2,4H2. The highest BCUT2D eigenvalue weighted by atomic mass is 79.9. The Morgan fingerprint density at radius 1 is 1.50 bits per heavy atom. The maximum atomic E-state index is 5.30. The molecule has 1 unspecified atom stereocenters. The molecule has 0 radical (unpaired) electrons. The first-order chi connectivity index (χ1) is 7.83. The second kappa shape index (κ2) is 4.27. The van der Waals surface area contributed by atoms with Gasteiger partial charge in [-0.1, -0.05) is 5.16 Å². The van der Waals surface area contributed by atoms with E-state index in [0.29, 0.717) is 18.4 Å². The summed E-state index contributed by atoms with van der Waals surface area (Å²) < 4.78 is 11.6. The van der Waals surface area contributed by atoms with Crippen molar-refractivity contribution in [1.29, 1.82) is 0 Å². The minimum absolute atomic E-state index is 0.293. The van der Waals surface area contributed by atoms with Gasteiger partial charge in [0.05, 0.1) is 11.5 Å². The van der Waals surface area contributed by atoms with Crippen LogP contribution >= 0.6 is 27.3 Å². The predicted molar refractivity (Wildman–Crippen MR) is 63.5 cm³/mol. The van der Waals surface area contributed by atoms with Gasteiger partial charge < -0.3 is 9.26 Å². The van der Waals surface area contributed by atoms with Crippen molar-refractivity contribution >= 4 is 27.3 Å². The minimum Gasteiger partial charge on any atom is -0.381 e. The normalized spacial score (nSPS) is 20.4. The molecule has 3 rings (SSSR count). The van der Waals surface area contributed by atoms with Crippen LogP contribution in [0.5, 0.6) is 0 Å². The van der Waals surface area contributed by atoms with Crippen molar-refractivity contribution in [3.63, 3.8) is 0 Å². The molecule has 4 nitrogen and oxygen atoms in total. The van der Waals surface area contributed by atoms with Gasteiger partial charge in [0.2, 0.25) is 0 Å². The Labute approximate surface area is 105 Å². The van der Waals surface area contributed by atoms with Crippen LogP contribution in [0.15, 0.2) is 20.4 Å². The first-order valence-corrected chi connectivity index (χ1v) is 6.66. The Hall–Kier alpha value is -0.720. The smallest absolute Gasteiger partial charge is 0.268 e. The largest absolute Gasteiger partial charge is 0.381 e. The van der Waals surface area contributed by atoms with Crippen molar-refractivity contribution < 1.29 is 9.26 Å². The van der Waals surface area contributed by atoms with E-state index in [9.17, 15) is 0 Å². The highest BCUT2D eigenvalue weighted by Crippen LogP contribution is 2.30. The fourth-order valence-corrected chi connectivity index (χ4v) is 3.01. The first kappa shape index (κ1) is 10.4. The molecule has 1 aliphatic rings. The molecule has 0 aliphatic carbocycles. The van der Waals surface area contributed by atoms with Gasteiger partial charge in [0.25, 0.3) is 5.89 Å². The Morgan fingerprint density at radius 3 is 3.12 bits per heavy atom. The fraction of sp³-hybridized carbons (Fsp3) is 0.400. The summed E-state index contributed by atoms with van der Waals surface area (Å²) in [5.41, 5.74) is 0. The van der Waals surface area contributed by atoms with Crippen molar-refractivity contribution in [2.45, 2.75) is 12.3 Å². The van der Waals surface area contributed by atoms with Crippen molar-refractivity contribution in [3.8, 4) is 10.8 Å². The summed E-state index contributed by atoms with van der Waals surface area (Å²) in [6, 6.07) is 1.98. The summed E-state index contributed by atoms with van der Waals surface area (Å²) in [5.74, 6) is 1.65. The fourth-order valence-electron chi connectivity index (χ4n) is 1.66. The molecule has 2 aromatic heterocycles. The topological polar surface area (TPSA) is 48.2 Å². The molecule has 1 fully saturated rings. The lowest BCUT2D eigenvalue weighted by molar-refractivity contribution is 0.192. The third-order valence-electron chi connectivity index (χ3n) is 2.51. The summed E-state index contributed by atoms with van der Waals surface area (Å²) in [5, 5.41) is 6.01. The monoisotopic (exact) mass is 300 g/mol. The zero-order valence-corrected chi connectivity index (χ0v) is 10.8. The molecule has 1 aliphatic heterocycles. The predicted octanol–water partition coefficient (Wildman–Crippen LogP) is 3.06. The molecular weight excluding hydrogens is 292 g/mol. The Morgan fingerprint density at radius 2 is 2.44 bits per heavy atom. The van der Waals surface area contributed by atoms with Crippen LogP contribution in [0.25, 0.3) is 10.8 Å². The summed E-state index contributed by atoms with van der Waals surface area (Å²) in [6.45, 7) is 1.49. The Bertz CT molecular complexity index is 490. The van der Waals surface area contributed by atoms with Crippen LogP contribution in [0.4, 0.5) is 0 Å². The van der Waals surface area contributed by atoms with E-state index in [1.165, 1.54) is 0 Å². The maximum Gasteiger partial charge on any atom is 0.268 e. The molecule has 0 amide bonds. The quantitative estimate of drug-likeness (QED) is 0.855. The second-order valence-corrected chi connectivity index (χ2v) is 5.47. The van der Waals surface area contributed by atoms with Gasteiger partial charge in [0, 0.05) is 22.4 Å². The van der Waals surface area contributed by atoms with E-state index < -0.39 is 0 Å².